The van der Waals surface area contributed by atoms with E-state index >= 15 is 0 Å². The first-order chi connectivity index (χ1) is 13.4. The average molecular weight is 416 g/mol. The highest BCUT2D eigenvalue weighted by molar-refractivity contribution is 5.88. The predicted octanol–water partition coefficient (Wildman–Crippen LogP) is 1.89. The molecule has 9 nitrogen and oxygen atoms in total. The fourth-order valence-corrected chi connectivity index (χ4v) is 2.43. The van der Waals surface area contributed by atoms with Crippen molar-refractivity contribution in [1.82, 2.24) is 16.0 Å². The molecule has 3 amide bonds. The van der Waals surface area contributed by atoms with E-state index in [1.165, 1.54) is 7.11 Å². The molecular weight excluding hydrogens is 378 g/mol. The normalized spacial score (nSPS) is 12.1. The Morgan fingerprint density at radius 1 is 0.931 bits per heavy atom. The van der Waals surface area contributed by atoms with Gasteiger partial charge in [0.1, 0.15) is 11.6 Å². The van der Waals surface area contributed by atoms with Crippen LogP contribution in [-0.2, 0) is 23.9 Å². The SMILES string of the molecule is COC(=O)[C@H](CC(C)C)NC(=O)CNC(=O)CCCCCNC(=O)OC(C)(C)C. The van der Waals surface area contributed by atoms with Gasteiger partial charge in [-0.2, -0.15) is 0 Å². The van der Waals surface area contributed by atoms with Gasteiger partial charge in [0.2, 0.25) is 11.8 Å². The van der Waals surface area contributed by atoms with Crippen LogP contribution in [0.1, 0.15) is 66.7 Å². The van der Waals surface area contributed by atoms with Crippen LogP contribution in [0.3, 0.4) is 0 Å². The number of rotatable bonds is 12. The molecule has 0 unspecified atom stereocenters. The number of carbonyl (C=O) groups is 4. The summed E-state index contributed by atoms with van der Waals surface area (Å²) in [5.74, 6) is -0.966. The summed E-state index contributed by atoms with van der Waals surface area (Å²) < 4.78 is 9.81. The van der Waals surface area contributed by atoms with Crippen molar-refractivity contribution in [3.05, 3.63) is 0 Å². The molecule has 0 aliphatic carbocycles. The van der Waals surface area contributed by atoms with Crippen molar-refractivity contribution in [3.63, 3.8) is 0 Å². The minimum Gasteiger partial charge on any atom is -0.467 e. The molecule has 0 aliphatic heterocycles. The van der Waals surface area contributed by atoms with E-state index < -0.39 is 29.6 Å². The van der Waals surface area contributed by atoms with Crippen LogP contribution < -0.4 is 16.0 Å². The highest BCUT2D eigenvalue weighted by Crippen LogP contribution is 2.07. The molecule has 168 valence electrons. The van der Waals surface area contributed by atoms with Gasteiger partial charge in [0.15, 0.2) is 0 Å². The molecule has 0 aromatic carbocycles. The summed E-state index contributed by atoms with van der Waals surface area (Å²) in [6.45, 7) is 9.55. The van der Waals surface area contributed by atoms with Crippen LogP contribution in [-0.4, -0.2) is 55.7 Å². The third kappa shape index (κ3) is 15.3. The maximum absolute atomic E-state index is 12.0. The Kier molecular flexibility index (Phi) is 12.7. The second kappa shape index (κ2) is 13.8. The van der Waals surface area contributed by atoms with Gasteiger partial charge in [-0.05, 0) is 46.0 Å². The standard InChI is InChI=1S/C20H37N3O6/c1-14(2)12-15(18(26)28-6)23-17(25)13-22-16(24)10-8-7-9-11-21-19(27)29-20(3,4)5/h14-15H,7-13H2,1-6H3,(H,21,27)(H,22,24)(H,23,25)/t15-/m0/s1. The van der Waals surface area contributed by atoms with Crippen LogP contribution >= 0.6 is 0 Å². The fourth-order valence-electron chi connectivity index (χ4n) is 2.43. The van der Waals surface area contributed by atoms with Gasteiger partial charge in [-0.25, -0.2) is 9.59 Å². The molecule has 0 aliphatic rings. The molecule has 0 heterocycles. The van der Waals surface area contributed by atoms with Crippen molar-refractivity contribution in [2.45, 2.75) is 78.4 Å². The first-order valence-corrected chi connectivity index (χ1v) is 10.0. The van der Waals surface area contributed by atoms with Crippen LogP contribution in [0.2, 0.25) is 0 Å². The zero-order chi connectivity index (χ0) is 22.4. The Labute approximate surface area is 173 Å². The van der Waals surface area contributed by atoms with Crippen molar-refractivity contribution in [2.75, 3.05) is 20.2 Å². The lowest BCUT2D eigenvalue weighted by Crippen LogP contribution is -2.46. The number of alkyl carbamates (subject to hydrolysis) is 1. The van der Waals surface area contributed by atoms with Crippen molar-refractivity contribution in [2.24, 2.45) is 5.92 Å². The third-order valence-electron chi connectivity index (χ3n) is 3.72. The smallest absolute Gasteiger partial charge is 0.407 e. The Morgan fingerprint density at radius 3 is 2.14 bits per heavy atom. The summed E-state index contributed by atoms with van der Waals surface area (Å²) in [5, 5.41) is 7.79. The Balaban J connectivity index is 3.94. The molecule has 0 spiro atoms. The van der Waals surface area contributed by atoms with Gasteiger partial charge >= 0.3 is 12.1 Å². The van der Waals surface area contributed by atoms with Crippen molar-refractivity contribution < 1.29 is 28.7 Å². The van der Waals surface area contributed by atoms with Crippen LogP contribution in [0.4, 0.5) is 4.79 Å². The molecule has 0 saturated heterocycles. The van der Waals surface area contributed by atoms with E-state index in [1.54, 1.807) is 20.8 Å². The second-order valence-corrected chi connectivity index (χ2v) is 8.29. The zero-order valence-corrected chi connectivity index (χ0v) is 18.6. The average Bonchev–Trinajstić information content (AvgIpc) is 2.59. The summed E-state index contributed by atoms with van der Waals surface area (Å²) in [6, 6.07) is -0.720. The van der Waals surface area contributed by atoms with Gasteiger partial charge in [0.25, 0.3) is 0 Å². The van der Waals surface area contributed by atoms with Crippen LogP contribution in [0.25, 0.3) is 0 Å². The van der Waals surface area contributed by atoms with Crippen molar-refractivity contribution in [3.8, 4) is 0 Å². The first-order valence-electron chi connectivity index (χ1n) is 10.0. The topological polar surface area (TPSA) is 123 Å². The van der Waals surface area contributed by atoms with Gasteiger partial charge in [0, 0.05) is 13.0 Å². The number of nitrogens with one attached hydrogen (secondary N) is 3. The van der Waals surface area contributed by atoms with Crippen molar-refractivity contribution >= 4 is 23.9 Å². The number of methoxy groups -OCH3 is 1. The largest absolute Gasteiger partial charge is 0.467 e. The van der Waals surface area contributed by atoms with Gasteiger partial charge in [-0.15, -0.1) is 0 Å². The van der Waals surface area contributed by atoms with Crippen LogP contribution in [0.15, 0.2) is 0 Å². The Morgan fingerprint density at radius 2 is 1.59 bits per heavy atom. The fraction of sp³-hybridized carbons (Fsp3) is 0.800. The minimum atomic E-state index is -0.720. The van der Waals surface area contributed by atoms with E-state index in [1.807, 2.05) is 13.8 Å². The number of hydrogen-bond acceptors (Lipinski definition) is 6. The monoisotopic (exact) mass is 415 g/mol. The summed E-state index contributed by atoms with van der Waals surface area (Å²) in [4.78, 5) is 47.0. The van der Waals surface area contributed by atoms with E-state index in [0.29, 0.717) is 19.4 Å². The van der Waals surface area contributed by atoms with E-state index in [9.17, 15) is 19.2 Å². The molecule has 3 N–H and O–H groups in total. The van der Waals surface area contributed by atoms with E-state index in [2.05, 4.69) is 20.7 Å². The maximum Gasteiger partial charge on any atom is 0.407 e. The molecule has 0 aromatic heterocycles. The molecule has 0 rings (SSSR count). The molecule has 29 heavy (non-hydrogen) atoms. The van der Waals surface area contributed by atoms with Gasteiger partial charge in [0.05, 0.1) is 13.7 Å². The van der Waals surface area contributed by atoms with Gasteiger partial charge in [-0.3, -0.25) is 9.59 Å². The number of unbranched alkanes of at least 4 members (excludes halogenated alkanes) is 2. The van der Waals surface area contributed by atoms with Gasteiger partial charge < -0.3 is 25.4 Å². The van der Waals surface area contributed by atoms with Crippen LogP contribution in [0.5, 0.6) is 0 Å². The lowest BCUT2D eigenvalue weighted by molar-refractivity contribution is -0.145. The quantitative estimate of drug-likeness (QED) is 0.330. The first kappa shape index (κ1) is 26.7. The van der Waals surface area contributed by atoms with Crippen molar-refractivity contribution in [1.29, 1.82) is 0 Å². The number of amides is 3. The molecular formula is C20H37N3O6. The Hall–Kier alpha value is -2.32. The lowest BCUT2D eigenvalue weighted by Gasteiger charge is -2.19. The summed E-state index contributed by atoms with van der Waals surface area (Å²) in [6.07, 6.45) is 2.42. The molecule has 0 radical (unpaired) electrons. The molecule has 0 aromatic rings. The minimum absolute atomic E-state index is 0.190. The molecule has 0 saturated carbocycles. The summed E-state index contributed by atoms with van der Waals surface area (Å²) >= 11 is 0. The highest BCUT2D eigenvalue weighted by Gasteiger charge is 2.22. The molecule has 0 bridgehead atoms. The van der Waals surface area contributed by atoms with Gasteiger partial charge in [-0.1, -0.05) is 20.3 Å². The molecule has 0 fully saturated rings. The number of ether oxygens (including phenoxy) is 2. The number of esters is 1. The second-order valence-electron chi connectivity index (χ2n) is 8.29. The number of hydrogen-bond donors (Lipinski definition) is 3. The van der Waals surface area contributed by atoms with Crippen LogP contribution in [0, 0.1) is 5.92 Å². The lowest BCUT2D eigenvalue weighted by atomic mass is 10.0. The highest BCUT2D eigenvalue weighted by atomic mass is 16.6. The van der Waals surface area contributed by atoms with E-state index in [0.717, 1.165) is 12.8 Å². The summed E-state index contributed by atoms with van der Waals surface area (Å²) in [7, 11) is 1.27. The van der Waals surface area contributed by atoms with E-state index in [-0.39, 0.29) is 24.8 Å². The maximum atomic E-state index is 12.0. The van der Waals surface area contributed by atoms with E-state index in [4.69, 9.17) is 4.74 Å². The molecule has 1 atom stereocenters. The summed E-state index contributed by atoms with van der Waals surface area (Å²) in [5.41, 5.74) is -0.528. The molecule has 9 heteroatoms. The predicted molar refractivity (Wildman–Crippen MR) is 109 cm³/mol. The zero-order valence-electron chi connectivity index (χ0n) is 18.6. The third-order valence-corrected chi connectivity index (χ3v) is 3.72. The number of carbonyl (C=O) groups excluding carboxylic acids is 4. The Bertz CT molecular complexity index is 543.